The van der Waals surface area contributed by atoms with Crippen LogP contribution in [0, 0.1) is 0 Å². The predicted molar refractivity (Wildman–Crippen MR) is 66.4 cm³/mol. The SMILES string of the molecule is C=CCNCCN1CCc2sccc2C1. The summed E-state index contributed by atoms with van der Waals surface area (Å²) in [6, 6.07) is 2.27. The van der Waals surface area contributed by atoms with Gasteiger partial charge in [-0.25, -0.2) is 0 Å². The van der Waals surface area contributed by atoms with Crippen molar-refractivity contribution in [2.24, 2.45) is 0 Å². The van der Waals surface area contributed by atoms with Gasteiger partial charge >= 0.3 is 0 Å². The molecule has 0 fully saturated rings. The Morgan fingerprint density at radius 3 is 3.40 bits per heavy atom. The largest absolute Gasteiger partial charge is 0.312 e. The third-order valence-electron chi connectivity index (χ3n) is 2.78. The first-order valence-corrected chi connectivity index (χ1v) is 6.37. The van der Waals surface area contributed by atoms with Crippen LogP contribution >= 0.6 is 11.3 Å². The van der Waals surface area contributed by atoms with Crippen molar-refractivity contribution in [3.8, 4) is 0 Å². The molecule has 0 aliphatic carbocycles. The zero-order chi connectivity index (χ0) is 10.5. The first-order chi connectivity index (χ1) is 7.40. The molecule has 0 saturated heterocycles. The minimum absolute atomic E-state index is 0.914. The molecule has 15 heavy (non-hydrogen) atoms. The van der Waals surface area contributed by atoms with E-state index in [1.807, 2.05) is 17.4 Å². The van der Waals surface area contributed by atoms with Gasteiger partial charge in [-0.2, -0.15) is 0 Å². The van der Waals surface area contributed by atoms with Crippen LogP contribution in [0.4, 0.5) is 0 Å². The van der Waals surface area contributed by atoms with Gasteiger partial charge in [0.25, 0.3) is 0 Å². The van der Waals surface area contributed by atoms with E-state index in [1.54, 1.807) is 4.88 Å². The molecule has 0 radical (unpaired) electrons. The van der Waals surface area contributed by atoms with Gasteiger partial charge in [-0.1, -0.05) is 6.08 Å². The van der Waals surface area contributed by atoms with E-state index in [0.717, 1.165) is 26.2 Å². The van der Waals surface area contributed by atoms with Crippen LogP contribution in [0.2, 0.25) is 0 Å². The van der Waals surface area contributed by atoms with Crippen molar-refractivity contribution >= 4 is 11.3 Å². The Balaban J connectivity index is 1.75. The summed E-state index contributed by atoms with van der Waals surface area (Å²) in [7, 11) is 0. The summed E-state index contributed by atoms with van der Waals surface area (Å²) in [5.41, 5.74) is 1.54. The van der Waals surface area contributed by atoms with Crippen LogP contribution in [-0.4, -0.2) is 31.1 Å². The zero-order valence-electron chi connectivity index (χ0n) is 9.04. The lowest BCUT2D eigenvalue weighted by atomic mass is 10.1. The smallest absolute Gasteiger partial charge is 0.0245 e. The lowest BCUT2D eigenvalue weighted by Gasteiger charge is -2.26. The van der Waals surface area contributed by atoms with Crippen molar-refractivity contribution in [1.29, 1.82) is 0 Å². The summed E-state index contributed by atoms with van der Waals surface area (Å²) in [6.07, 6.45) is 3.14. The number of thiophene rings is 1. The highest BCUT2D eigenvalue weighted by Gasteiger charge is 2.15. The Morgan fingerprint density at radius 2 is 2.53 bits per heavy atom. The van der Waals surface area contributed by atoms with Gasteiger partial charge in [0.1, 0.15) is 0 Å². The summed E-state index contributed by atoms with van der Waals surface area (Å²) in [6.45, 7) is 9.16. The molecule has 82 valence electrons. The summed E-state index contributed by atoms with van der Waals surface area (Å²) in [4.78, 5) is 4.11. The first kappa shape index (κ1) is 10.9. The van der Waals surface area contributed by atoms with E-state index in [9.17, 15) is 0 Å². The third-order valence-corrected chi connectivity index (χ3v) is 3.80. The van der Waals surface area contributed by atoms with Gasteiger partial charge in [-0.05, 0) is 23.4 Å². The molecule has 1 aromatic heterocycles. The molecule has 3 heteroatoms. The van der Waals surface area contributed by atoms with Gasteiger partial charge in [0.2, 0.25) is 0 Å². The predicted octanol–water partition coefficient (Wildman–Crippen LogP) is 1.88. The van der Waals surface area contributed by atoms with Crippen LogP contribution in [-0.2, 0) is 13.0 Å². The Morgan fingerprint density at radius 1 is 1.60 bits per heavy atom. The number of hydrogen-bond acceptors (Lipinski definition) is 3. The Hall–Kier alpha value is -0.640. The van der Waals surface area contributed by atoms with E-state index in [4.69, 9.17) is 0 Å². The fraction of sp³-hybridized carbons (Fsp3) is 0.500. The highest BCUT2D eigenvalue weighted by Crippen LogP contribution is 2.23. The normalized spacial score (nSPS) is 16.3. The van der Waals surface area contributed by atoms with E-state index >= 15 is 0 Å². The highest BCUT2D eigenvalue weighted by molar-refractivity contribution is 7.10. The summed E-state index contributed by atoms with van der Waals surface area (Å²) >= 11 is 1.90. The van der Waals surface area contributed by atoms with E-state index in [2.05, 4.69) is 28.2 Å². The molecule has 2 nitrogen and oxygen atoms in total. The van der Waals surface area contributed by atoms with Crippen molar-refractivity contribution in [3.63, 3.8) is 0 Å². The van der Waals surface area contributed by atoms with E-state index in [-0.39, 0.29) is 0 Å². The second-order valence-electron chi connectivity index (χ2n) is 3.89. The number of hydrogen-bond donors (Lipinski definition) is 1. The van der Waals surface area contributed by atoms with Gasteiger partial charge in [-0.3, -0.25) is 4.90 Å². The minimum atomic E-state index is 0.914. The highest BCUT2D eigenvalue weighted by atomic mass is 32.1. The van der Waals surface area contributed by atoms with E-state index in [1.165, 1.54) is 18.5 Å². The molecule has 0 atom stereocenters. The molecule has 0 bridgehead atoms. The maximum Gasteiger partial charge on any atom is 0.0245 e. The van der Waals surface area contributed by atoms with Crippen LogP contribution in [0.25, 0.3) is 0 Å². The molecule has 0 aromatic carbocycles. The number of rotatable bonds is 5. The van der Waals surface area contributed by atoms with Crippen LogP contribution in [0.15, 0.2) is 24.1 Å². The van der Waals surface area contributed by atoms with Crippen LogP contribution < -0.4 is 5.32 Å². The lowest BCUT2D eigenvalue weighted by Crippen LogP contribution is -2.35. The Labute approximate surface area is 95.6 Å². The van der Waals surface area contributed by atoms with Crippen LogP contribution in [0.3, 0.4) is 0 Å². The zero-order valence-corrected chi connectivity index (χ0v) is 9.85. The second-order valence-corrected chi connectivity index (χ2v) is 4.89. The molecule has 2 rings (SSSR count). The van der Waals surface area contributed by atoms with Crippen molar-refractivity contribution in [2.75, 3.05) is 26.2 Å². The molecular weight excluding hydrogens is 204 g/mol. The summed E-state index contributed by atoms with van der Waals surface area (Å²) < 4.78 is 0. The molecule has 0 unspecified atom stereocenters. The average Bonchev–Trinajstić information content (AvgIpc) is 2.71. The van der Waals surface area contributed by atoms with E-state index in [0.29, 0.717) is 0 Å². The third kappa shape index (κ3) is 2.91. The fourth-order valence-electron chi connectivity index (χ4n) is 1.94. The molecule has 0 amide bonds. The van der Waals surface area contributed by atoms with E-state index < -0.39 is 0 Å². The fourth-order valence-corrected chi connectivity index (χ4v) is 2.83. The molecular formula is C12H18N2S. The molecule has 1 aliphatic rings. The number of nitrogens with one attached hydrogen (secondary N) is 1. The molecule has 0 spiro atoms. The van der Waals surface area contributed by atoms with Crippen LogP contribution in [0.1, 0.15) is 10.4 Å². The monoisotopic (exact) mass is 222 g/mol. The topological polar surface area (TPSA) is 15.3 Å². The Bertz CT molecular complexity index is 319. The molecule has 1 N–H and O–H groups in total. The summed E-state index contributed by atoms with van der Waals surface area (Å²) in [5.74, 6) is 0. The Kier molecular flexibility index (Phi) is 3.94. The van der Waals surface area contributed by atoms with Gasteiger partial charge in [0.15, 0.2) is 0 Å². The first-order valence-electron chi connectivity index (χ1n) is 5.49. The minimum Gasteiger partial charge on any atom is -0.312 e. The lowest BCUT2D eigenvalue weighted by molar-refractivity contribution is 0.257. The summed E-state index contributed by atoms with van der Waals surface area (Å²) in [5, 5.41) is 5.56. The quantitative estimate of drug-likeness (QED) is 0.604. The maximum absolute atomic E-state index is 3.69. The van der Waals surface area contributed by atoms with Crippen molar-refractivity contribution < 1.29 is 0 Å². The number of nitrogens with zero attached hydrogens (tertiary/aromatic N) is 1. The second kappa shape index (κ2) is 5.45. The van der Waals surface area contributed by atoms with Gasteiger partial charge in [0, 0.05) is 37.6 Å². The molecule has 1 aromatic rings. The standard InChI is InChI=1S/C12H18N2S/c1-2-5-13-6-8-14-7-3-12-11(10-14)4-9-15-12/h2,4,9,13H,1,3,5-8,10H2. The average molecular weight is 222 g/mol. The maximum atomic E-state index is 3.69. The van der Waals surface area contributed by atoms with Crippen LogP contribution in [0.5, 0.6) is 0 Å². The molecule has 2 heterocycles. The van der Waals surface area contributed by atoms with Gasteiger partial charge < -0.3 is 5.32 Å². The van der Waals surface area contributed by atoms with Gasteiger partial charge in [-0.15, -0.1) is 17.9 Å². The number of fused-ring (bicyclic) bond motifs is 1. The van der Waals surface area contributed by atoms with Crippen molar-refractivity contribution in [3.05, 3.63) is 34.5 Å². The van der Waals surface area contributed by atoms with Gasteiger partial charge in [0.05, 0.1) is 0 Å². The molecule has 1 aliphatic heterocycles. The van der Waals surface area contributed by atoms with Crippen molar-refractivity contribution in [1.82, 2.24) is 10.2 Å². The molecule has 0 saturated carbocycles. The van der Waals surface area contributed by atoms with Crippen molar-refractivity contribution in [2.45, 2.75) is 13.0 Å².